The van der Waals surface area contributed by atoms with E-state index in [4.69, 9.17) is 17.3 Å². The zero-order valence-corrected chi connectivity index (χ0v) is 12.7. The summed E-state index contributed by atoms with van der Waals surface area (Å²) < 4.78 is 15.9. The zero-order chi connectivity index (χ0) is 14.9. The van der Waals surface area contributed by atoms with Crippen LogP contribution in [-0.2, 0) is 13.0 Å². The van der Waals surface area contributed by atoms with Crippen LogP contribution in [-0.4, -0.2) is 9.78 Å². The quantitative estimate of drug-likeness (QED) is 0.937. The minimum atomic E-state index is -0.436. The van der Waals surface area contributed by atoms with Gasteiger partial charge in [0.15, 0.2) is 0 Å². The van der Waals surface area contributed by atoms with Crippen molar-refractivity contribution in [3.05, 3.63) is 51.6 Å². The number of benzene rings is 1. The smallest absolute Gasteiger partial charge is 0.130 e. The van der Waals surface area contributed by atoms with Crippen molar-refractivity contribution in [1.82, 2.24) is 9.78 Å². The monoisotopic (exact) mass is 295 g/mol. The van der Waals surface area contributed by atoms with Gasteiger partial charge in [0.1, 0.15) is 5.82 Å². The second-order valence-electron chi connectivity index (χ2n) is 4.95. The Morgan fingerprint density at radius 2 is 2.10 bits per heavy atom. The number of nitrogens with two attached hydrogens (primary N) is 1. The molecule has 0 aliphatic rings. The molecule has 1 atom stereocenters. The lowest BCUT2D eigenvalue weighted by Crippen LogP contribution is -2.18. The number of hydrogen-bond donors (Lipinski definition) is 1. The van der Waals surface area contributed by atoms with Gasteiger partial charge in [0.25, 0.3) is 0 Å². The highest BCUT2D eigenvalue weighted by Gasteiger charge is 2.19. The highest BCUT2D eigenvalue weighted by Crippen LogP contribution is 2.26. The summed E-state index contributed by atoms with van der Waals surface area (Å²) in [7, 11) is 0. The van der Waals surface area contributed by atoms with E-state index in [2.05, 4.69) is 5.10 Å². The molecule has 2 rings (SSSR count). The second-order valence-corrected chi connectivity index (χ2v) is 5.33. The fourth-order valence-electron chi connectivity index (χ4n) is 2.34. The second kappa shape index (κ2) is 5.94. The molecular weight excluding hydrogens is 277 g/mol. The van der Waals surface area contributed by atoms with Crippen molar-refractivity contribution in [3.63, 3.8) is 0 Å². The first-order valence-electron chi connectivity index (χ1n) is 6.68. The summed E-state index contributed by atoms with van der Waals surface area (Å²) in [6, 6.07) is 4.84. The van der Waals surface area contributed by atoms with E-state index in [0.29, 0.717) is 29.1 Å². The van der Waals surface area contributed by atoms with E-state index in [0.717, 1.165) is 11.4 Å². The SMILES string of the molecule is CCn1nc(C)c(Cl)c1CC(N)c1cccc(C)c1F. The Morgan fingerprint density at radius 1 is 1.40 bits per heavy atom. The minimum absolute atomic E-state index is 0.240. The van der Waals surface area contributed by atoms with Gasteiger partial charge in [0.05, 0.1) is 16.4 Å². The third-order valence-corrected chi connectivity index (χ3v) is 3.98. The molecule has 1 aromatic carbocycles. The molecule has 2 N–H and O–H groups in total. The summed E-state index contributed by atoms with van der Waals surface area (Å²) >= 11 is 6.26. The van der Waals surface area contributed by atoms with E-state index in [1.54, 1.807) is 19.1 Å². The molecule has 108 valence electrons. The van der Waals surface area contributed by atoms with E-state index in [9.17, 15) is 4.39 Å². The van der Waals surface area contributed by atoms with Crippen LogP contribution in [0.15, 0.2) is 18.2 Å². The lowest BCUT2D eigenvalue weighted by molar-refractivity contribution is 0.551. The molecule has 0 aliphatic heterocycles. The maximum absolute atomic E-state index is 14.1. The maximum atomic E-state index is 14.1. The summed E-state index contributed by atoms with van der Waals surface area (Å²) in [5, 5.41) is 4.97. The van der Waals surface area contributed by atoms with Gasteiger partial charge in [-0.2, -0.15) is 5.10 Å². The molecule has 0 amide bonds. The van der Waals surface area contributed by atoms with Crippen molar-refractivity contribution in [2.45, 2.75) is 39.8 Å². The summed E-state index contributed by atoms with van der Waals surface area (Å²) in [6.07, 6.45) is 0.466. The van der Waals surface area contributed by atoms with E-state index in [1.165, 1.54) is 0 Å². The molecule has 0 saturated carbocycles. The molecule has 0 bridgehead atoms. The van der Waals surface area contributed by atoms with Gasteiger partial charge in [-0.3, -0.25) is 4.68 Å². The molecule has 0 aliphatic carbocycles. The Labute approximate surface area is 123 Å². The molecule has 0 saturated heterocycles. The average Bonchev–Trinajstić information content (AvgIpc) is 2.69. The molecule has 0 spiro atoms. The molecule has 1 unspecified atom stereocenters. The number of aryl methyl sites for hydroxylation is 3. The molecule has 0 radical (unpaired) electrons. The van der Waals surface area contributed by atoms with Gasteiger partial charge in [-0.05, 0) is 26.3 Å². The highest BCUT2D eigenvalue weighted by atomic mass is 35.5. The number of nitrogens with zero attached hydrogens (tertiary/aromatic N) is 2. The molecule has 1 aromatic heterocycles. The van der Waals surface area contributed by atoms with Gasteiger partial charge in [-0.25, -0.2) is 4.39 Å². The first-order chi connectivity index (χ1) is 9.45. The zero-order valence-electron chi connectivity index (χ0n) is 12.0. The predicted molar refractivity (Wildman–Crippen MR) is 79.4 cm³/mol. The third kappa shape index (κ3) is 2.72. The number of hydrogen-bond acceptors (Lipinski definition) is 2. The Kier molecular flexibility index (Phi) is 4.45. The van der Waals surface area contributed by atoms with E-state index in [-0.39, 0.29) is 5.82 Å². The fourth-order valence-corrected chi connectivity index (χ4v) is 2.55. The van der Waals surface area contributed by atoms with Gasteiger partial charge >= 0.3 is 0 Å². The molecular formula is C15H19ClFN3. The number of halogens is 2. The van der Waals surface area contributed by atoms with Crippen molar-refractivity contribution in [1.29, 1.82) is 0 Å². The summed E-state index contributed by atoms with van der Waals surface area (Å²) in [5.41, 5.74) is 8.92. The van der Waals surface area contributed by atoms with Gasteiger partial charge in [-0.1, -0.05) is 29.8 Å². The molecule has 0 fully saturated rings. The summed E-state index contributed by atoms with van der Waals surface area (Å²) in [5.74, 6) is -0.240. The molecule has 3 nitrogen and oxygen atoms in total. The van der Waals surface area contributed by atoms with E-state index >= 15 is 0 Å². The van der Waals surface area contributed by atoms with Gasteiger partial charge < -0.3 is 5.73 Å². The van der Waals surface area contributed by atoms with Crippen LogP contribution < -0.4 is 5.73 Å². The van der Waals surface area contributed by atoms with Crippen molar-refractivity contribution in [3.8, 4) is 0 Å². The Bertz CT molecular complexity index is 622. The Hall–Kier alpha value is -1.39. The maximum Gasteiger partial charge on any atom is 0.130 e. The largest absolute Gasteiger partial charge is 0.324 e. The molecule has 20 heavy (non-hydrogen) atoms. The van der Waals surface area contributed by atoms with Crippen LogP contribution in [0.25, 0.3) is 0 Å². The van der Waals surface area contributed by atoms with Crippen LogP contribution in [0.2, 0.25) is 5.02 Å². The van der Waals surface area contributed by atoms with Crippen LogP contribution in [0.3, 0.4) is 0 Å². The van der Waals surface area contributed by atoms with Crippen molar-refractivity contribution >= 4 is 11.6 Å². The molecule has 5 heteroatoms. The first kappa shape index (κ1) is 15.0. The van der Waals surface area contributed by atoms with E-state index in [1.807, 2.05) is 24.6 Å². The first-order valence-corrected chi connectivity index (χ1v) is 7.05. The standard InChI is InChI=1S/C15H19ClFN3/c1-4-20-13(14(16)10(3)19-20)8-12(18)11-7-5-6-9(2)15(11)17/h5-7,12H,4,8,18H2,1-3H3. The van der Waals surface area contributed by atoms with Crippen LogP contribution in [0, 0.1) is 19.7 Å². The lowest BCUT2D eigenvalue weighted by Gasteiger charge is -2.15. The van der Waals surface area contributed by atoms with Crippen molar-refractivity contribution < 1.29 is 4.39 Å². The van der Waals surface area contributed by atoms with Crippen LogP contribution >= 0.6 is 11.6 Å². The normalized spacial score (nSPS) is 12.7. The van der Waals surface area contributed by atoms with E-state index < -0.39 is 6.04 Å². The van der Waals surface area contributed by atoms with Crippen LogP contribution in [0.5, 0.6) is 0 Å². The highest BCUT2D eigenvalue weighted by molar-refractivity contribution is 6.31. The lowest BCUT2D eigenvalue weighted by atomic mass is 10.00. The Morgan fingerprint density at radius 3 is 2.75 bits per heavy atom. The minimum Gasteiger partial charge on any atom is -0.324 e. The summed E-state index contributed by atoms with van der Waals surface area (Å²) in [4.78, 5) is 0. The van der Waals surface area contributed by atoms with Gasteiger partial charge in [0, 0.05) is 24.6 Å². The third-order valence-electron chi connectivity index (χ3n) is 3.49. The Balaban J connectivity index is 2.32. The number of rotatable bonds is 4. The summed E-state index contributed by atoms with van der Waals surface area (Å²) in [6.45, 7) is 6.30. The van der Waals surface area contributed by atoms with Crippen LogP contribution in [0.4, 0.5) is 4.39 Å². The average molecular weight is 296 g/mol. The fraction of sp³-hybridized carbons (Fsp3) is 0.400. The topological polar surface area (TPSA) is 43.8 Å². The van der Waals surface area contributed by atoms with Crippen molar-refractivity contribution in [2.24, 2.45) is 5.73 Å². The number of aromatic nitrogens is 2. The van der Waals surface area contributed by atoms with Crippen LogP contribution in [0.1, 0.15) is 35.5 Å². The van der Waals surface area contributed by atoms with Crippen molar-refractivity contribution in [2.75, 3.05) is 0 Å². The molecule has 1 heterocycles. The van der Waals surface area contributed by atoms with Gasteiger partial charge in [0.2, 0.25) is 0 Å². The molecule has 2 aromatic rings. The van der Waals surface area contributed by atoms with Gasteiger partial charge in [-0.15, -0.1) is 0 Å². The predicted octanol–water partition coefficient (Wildman–Crippen LogP) is 3.55.